The van der Waals surface area contributed by atoms with Gasteiger partial charge in [0.2, 0.25) is 5.91 Å². The van der Waals surface area contributed by atoms with Crippen LogP contribution in [0, 0.1) is 12.8 Å². The molecule has 5 heteroatoms. The number of carbonyl (C=O) groups is 1. The molecule has 0 aliphatic carbocycles. The van der Waals surface area contributed by atoms with Gasteiger partial charge in [0.05, 0.1) is 11.9 Å². The number of hydrogen-bond acceptors (Lipinski definition) is 3. The summed E-state index contributed by atoms with van der Waals surface area (Å²) in [6.07, 6.45) is 3.93. The number of amides is 1. The van der Waals surface area contributed by atoms with E-state index in [-0.39, 0.29) is 5.91 Å². The van der Waals surface area contributed by atoms with Crippen LogP contribution in [-0.2, 0) is 4.79 Å². The van der Waals surface area contributed by atoms with E-state index in [1.54, 1.807) is 17.3 Å². The molecule has 1 atom stereocenters. The third kappa shape index (κ3) is 2.17. The first-order valence-electron chi connectivity index (χ1n) is 4.85. The van der Waals surface area contributed by atoms with E-state index in [0.29, 0.717) is 18.2 Å². The Morgan fingerprint density at radius 1 is 1.60 bits per heavy atom. The summed E-state index contributed by atoms with van der Waals surface area (Å²) >= 11 is 3.40. The number of alkyl halides is 1. The number of aryl methyl sites for hydroxylation is 1. The highest BCUT2D eigenvalue weighted by Gasteiger charge is 2.30. The molecule has 15 heavy (non-hydrogen) atoms. The van der Waals surface area contributed by atoms with E-state index in [1.165, 1.54) is 0 Å². The van der Waals surface area contributed by atoms with Gasteiger partial charge in [-0.2, -0.15) is 0 Å². The monoisotopic (exact) mass is 269 g/mol. The molecule has 1 aliphatic heterocycles. The number of anilines is 1. The van der Waals surface area contributed by atoms with Gasteiger partial charge in [0.15, 0.2) is 5.82 Å². The summed E-state index contributed by atoms with van der Waals surface area (Å²) in [5.41, 5.74) is 0.836. The molecule has 1 amide bonds. The van der Waals surface area contributed by atoms with E-state index in [1.807, 2.05) is 6.92 Å². The van der Waals surface area contributed by atoms with Crippen LogP contribution in [0.5, 0.6) is 0 Å². The fourth-order valence-corrected chi connectivity index (χ4v) is 2.12. The van der Waals surface area contributed by atoms with Gasteiger partial charge in [-0.25, -0.2) is 4.98 Å². The van der Waals surface area contributed by atoms with Crippen LogP contribution < -0.4 is 4.90 Å². The lowest BCUT2D eigenvalue weighted by atomic mass is 10.2. The van der Waals surface area contributed by atoms with Crippen molar-refractivity contribution in [1.29, 1.82) is 0 Å². The maximum Gasteiger partial charge on any atom is 0.228 e. The number of carbonyl (C=O) groups excluding carboxylic acids is 1. The molecule has 0 radical (unpaired) electrons. The fraction of sp³-hybridized carbons (Fsp3) is 0.500. The smallest absolute Gasteiger partial charge is 0.228 e. The summed E-state index contributed by atoms with van der Waals surface area (Å²) in [6.45, 7) is 2.61. The van der Waals surface area contributed by atoms with Crippen molar-refractivity contribution in [3.8, 4) is 0 Å². The molecule has 0 aromatic carbocycles. The van der Waals surface area contributed by atoms with Crippen molar-refractivity contribution in [2.24, 2.45) is 5.92 Å². The zero-order valence-electron chi connectivity index (χ0n) is 8.48. The molecule has 4 nitrogen and oxygen atoms in total. The van der Waals surface area contributed by atoms with Crippen LogP contribution in [0.1, 0.15) is 12.1 Å². The van der Waals surface area contributed by atoms with E-state index in [0.717, 1.165) is 17.6 Å². The summed E-state index contributed by atoms with van der Waals surface area (Å²) in [4.78, 5) is 21.8. The average molecular weight is 270 g/mol. The molecule has 0 N–H and O–H groups in total. The topological polar surface area (TPSA) is 46.1 Å². The van der Waals surface area contributed by atoms with Gasteiger partial charge in [-0.3, -0.25) is 14.7 Å². The van der Waals surface area contributed by atoms with Gasteiger partial charge in [-0.1, -0.05) is 15.9 Å². The zero-order valence-corrected chi connectivity index (χ0v) is 10.1. The first-order valence-corrected chi connectivity index (χ1v) is 5.98. The Bertz CT molecular complexity index is 383. The molecule has 2 heterocycles. The lowest BCUT2D eigenvalue weighted by Crippen LogP contribution is -2.26. The molecule has 1 fully saturated rings. The predicted molar refractivity (Wildman–Crippen MR) is 61.0 cm³/mol. The molecular formula is C10H12BrN3O. The molecule has 1 saturated heterocycles. The molecule has 1 aliphatic rings. The van der Waals surface area contributed by atoms with Crippen molar-refractivity contribution in [3.05, 3.63) is 18.1 Å². The van der Waals surface area contributed by atoms with Crippen LogP contribution in [0.25, 0.3) is 0 Å². The Balaban J connectivity index is 2.21. The summed E-state index contributed by atoms with van der Waals surface area (Å²) < 4.78 is 0. The third-order valence-electron chi connectivity index (χ3n) is 2.44. The third-order valence-corrected chi connectivity index (χ3v) is 3.36. The molecule has 1 aromatic heterocycles. The number of hydrogen-bond donors (Lipinski definition) is 0. The van der Waals surface area contributed by atoms with E-state index < -0.39 is 0 Å². The highest BCUT2D eigenvalue weighted by molar-refractivity contribution is 9.09. The van der Waals surface area contributed by atoms with E-state index in [9.17, 15) is 4.79 Å². The van der Waals surface area contributed by atoms with Crippen molar-refractivity contribution >= 4 is 27.7 Å². The summed E-state index contributed by atoms with van der Waals surface area (Å²) in [5.74, 6) is 1.20. The van der Waals surface area contributed by atoms with Crippen molar-refractivity contribution in [2.75, 3.05) is 16.8 Å². The number of halogens is 1. The molecule has 0 bridgehead atoms. The van der Waals surface area contributed by atoms with Crippen LogP contribution in [0.3, 0.4) is 0 Å². The minimum Gasteiger partial charge on any atom is -0.295 e. The van der Waals surface area contributed by atoms with Gasteiger partial charge >= 0.3 is 0 Å². The molecule has 0 saturated carbocycles. The second-order valence-electron chi connectivity index (χ2n) is 3.75. The first kappa shape index (κ1) is 10.5. The summed E-state index contributed by atoms with van der Waals surface area (Å²) in [7, 11) is 0. The Morgan fingerprint density at radius 2 is 2.40 bits per heavy atom. The van der Waals surface area contributed by atoms with Gasteiger partial charge in [0.25, 0.3) is 0 Å². The van der Waals surface area contributed by atoms with Crippen molar-refractivity contribution < 1.29 is 4.79 Å². The first-order chi connectivity index (χ1) is 7.20. The highest BCUT2D eigenvalue weighted by Crippen LogP contribution is 2.24. The van der Waals surface area contributed by atoms with Gasteiger partial charge < -0.3 is 0 Å². The summed E-state index contributed by atoms with van der Waals surface area (Å²) in [6, 6.07) is 0. The standard InChI is InChI=1S/C10H12BrN3O/c1-7-4-12-5-9(13-7)14-6-8(3-11)2-10(14)15/h4-5,8H,2-3,6H2,1H3. The Hall–Kier alpha value is -0.970. The maximum absolute atomic E-state index is 11.7. The van der Waals surface area contributed by atoms with Gasteiger partial charge in [-0.05, 0) is 12.8 Å². The van der Waals surface area contributed by atoms with Crippen LogP contribution in [0.15, 0.2) is 12.4 Å². The van der Waals surface area contributed by atoms with Crippen LogP contribution in [0.4, 0.5) is 5.82 Å². The van der Waals surface area contributed by atoms with Gasteiger partial charge in [0, 0.05) is 24.5 Å². The maximum atomic E-state index is 11.7. The van der Waals surface area contributed by atoms with Gasteiger partial charge in [-0.15, -0.1) is 0 Å². The molecule has 0 spiro atoms. The molecular weight excluding hydrogens is 258 g/mol. The fourth-order valence-electron chi connectivity index (χ4n) is 1.69. The zero-order chi connectivity index (χ0) is 10.8. The molecule has 1 unspecified atom stereocenters. The second-order valence-corrected chi connectivity index (χ2v) is 4.39. The quantitative estimate of drug-likeness (QED) is 0.766. The van der Waals surface area contributed by atoms with E-state index in [2.05, 4.69) is 25.9 Å². The SMILES string of the molecule is Cc1cncc(N2CC(CBr)CC2=O)n1. The summed E-state index contributed by atoms with van der Waals surface area (Å²) in [5, 5.41) is 0.856. The van der Waals surface area contributed by atoms with Crippen molar-refractivity contribution in [3.63, 3.8) is 0 Å². The second kappa shape index (κ2) is 4.26. The van der Waals surface area contributed by atoms with Crippen LogP contribution >= 0.6 is 15.9 Å². The Kier molecular flexibility index (Phi) is 3.00. The lowest BCUT2D eigenvalue weighted by molar-refractivity contribution is -0.117. The van der Waals surface area contributed by atoms with Crippen LogP contribution in [0.2, 0.25) is 0 Å². The van der Waals surface area contributed by atoms with Crippen molar-refractivity contribution in [2.45, 2.75) is 13.3 Å². The predicted octanol–water partition coefficient (Wildman–Crippen LogP) is 1.53. The number of nitrogens with zero attached hydrogens (tertiary/aromatic N) is 3. The highest BCUT2D eigenvalue weighted by atomic mass is 79.9. The number of aromatic nitrogens is 2. The molecule has 80 valence electrons. The van der Waals surface area contributed by atoms with Crippen molar-refractivity contribution in [1.82, 2.24) is 9.97 Å². The Labute approximate surface area is 96.8 Å². The molecule has 2 rings (SSSR count). The van der Waals surface area contributed by atoms with Crippen LogP contribution in [-0.4, -0.2) is 27.7 Å². The largest absolute Gasteiger partial charge is 0.295 e. The average Bonchev–Trinajstić information content (AvgIpc) is 2.60. The minimum atomic E-state index is 0.138. The van der Waals surface area contributed by atoms with Gasteiger partial charge in [0.1, 0.15) is 0 Å². The van der Waals surface area contributed by atoms with E-state index >= 15 is 0 Å². The van der Waals surface area contributed by atoms with E-state index in [4.69, 9.17) is 0 Å². The molecule has 1 aromatic rings. The Morgan fingerprint density at radius 3 is 3.00 bits per heavy atom. The normalized spacial score (nSPS) is 21.1. The minimum absolute atomic E-state index is 0.138. The number of rotatable bonds is 2. The lowest BCUT2D eigenvalue weighted by Gasteiger charge is -2.14.